The minimum atomic E-state index is -0.802. The number of carbonyl (C=O) groups is 2. The summed E-state index contributed by atoms with van der Waals surface area (Å²) in [6.07, 6.45) is 3.21. The van der Waals surface area contributed by atoms with E-state index in [1.54, 1.807) is 11.8 Å². The van der Waals surface area contributed by atoms with Gasteiger partial charge in [-0.3, -0.25) is 9.59 Å². The predicted molar refractivity (Wildman–Crippen MR) is 123 cm³/mol. The molecule has 1 saturated carbocycles. The van der Waals surface area contributed by atoms with Crippen molar-refractivity contribution in [2.45, 2.75) is 45.6 Å². The maximum atomic E-state index is 13.2. The Morgan fingerprint density at radius 3 is 2.57 bits per heavy atom. The van der Waals surface area contributed by atoms with Crippen molar-refractivity contribution in [3.8, 4) is 22.7 Å². The number of ether oxygens (including phenoxy) is 2. The number of amides is 1. The maximum absolute atomic E-state index is 13.2. The first-order valence-corrected chi connectivity index (χ1v) is 11.9. The average molecular weight is 481 g/mol. The number of aryl methyl sites for hydroxylation is 1. The van der Waals surface area contributed by atoms with Crippen molar-refractivity contribution in [2.75, 3.05) is 26.3 Å². The molecule has 0 radical (unpaired) electrons. The standard InChI is InChI=1S/C25H28N4O6/c1-17-21(22(28-35-17)18-7-3-2-4-8-18)23-27-26-19(34-23)16-33-24(31)25(9-5-6-10-25)15-20(30)29-11-13-32-14-12-29/h2-4,7-8H,5-6,9-16H2,1H3. The molecule has 0 atom stereocenters. The van der Waals surface area contributed by atoms with Crippen LogP contribution < -0.4 is 0 Å². The molecule has 10 heteroatoms. The molecular formula is C25H28N4O6. The molecule has 10 nitrogen and oxygen atoms in total. The number of carbonyl (C=O) groups excluding carboxylic acids is 2. The van der Waals surface area contributed by atoms with Crippen LogP contribution >= 0.6 is 0 Å². The van der Waals surface area contributed by atoms with Crippen molar-refractivity contribution in [1.82, 2.24) is 20.3 Å². The van der Waals surface area contributed by atoms with E-state index in [1.807, 2.05) is 30.3 Å². The Morgan fingerprint density at radius 1 is 1.09 bits per heavy atom. The van der Waals surface area contributed by atoms with Gasteiger partial charge in [0, 0.05) is 25.1 Å². The van der Waals surface area contributed by atoms with Crippen LogP contribution in [0, 0.1) is 12.3 Å². The SMILES string of the molecule is Cc1onc(-c2ccccc2)c1-c1nnc(COC(=O)C2(CC(=O)N3CCOCC3)CCCC2)o1. The van der Waals surface area contributed by atoms with Crippen molar-refractivity contribution < 1.29 is 28.0 Å². The highest BCUT2D eigenvalue weighted by molar-refractivity contribution is 5.86. The number of morpholine rings is 1. The minimum Gasteiger partial charge on any atom is -0.455 e. The van der Waals surface area contributed by atoms with Gasteiger partial charge in [-0.1, -0.05) is 48.3 Å². The average Bonchev–Trinajstić information content (AvgIpc) is 3.64. The summed E-state index contributed by atoms with van der Waals surface area (Å²) in [6.45, 7) is 3.78. The molecule has 0 bridgehead atoms. The highest BCUT2D eigenvalue weighted by Gasteiger charge is 2.45. The van der Waals surface area contributed by atoms with Crippen LogP contribution in [0.5, 0.6) is 0 Å². The number of esters is 1. The Morgan fingerprint density at radius 2 is 1.83 bits per heavy atom. The van der Waals surface area contributed by atoms with Crippen LogP contribution in [0.3, 0.4) is 0 Å². The molecule has 184 valence electrons. The van der Waals surface area contributed by atoms with E-state index in [-0.39, 0.29) is 36.7 Å². The van der Waals surface area contributed by atoms with E-state index < -0.39 is 5.41 Å². The summed E-state index contributed by atoms with van der Waals surface area (Å²) >= 11 is 0. The van der Waals surface area contributed by atoms with E-state index in [0.717, 1.165) is 18.4 Å². The van der Waals surface area contributed by atoms with Crippen LogP contribution in [-0.2, 0) is 25.7 Å². The van der Waals surface area contributed by atoms with E-state index in [9.17, 15) is 9.59 Å². The Labute approximate surface area is 202 Å². The second kappa shape index (κ2) is 9.99. The zero-order chi connectivity index (χ0) is 24.3. The number of rotatable bonds is 7. The van der Waals surface area contributed by atoms with Crippen LogP contribution in [0.1, 0.15) is 43.8 Å². The van der Waals surface area contributed by atoms with Crippen molar-refractivity contribution in [2.24, 2.45) is 5.41 Å². The zero-order valence-corrected chi connectivity index (χ0v) is 19.7. The number of benzene rings is 1. The van der Waals surface area contributed by atoms with Crippen LogP contribution in [0.25, 0.3) is 22.7 Å². The smallest absolute Gasteiger partial charge is 0.313 e. The molecule has 0 unspecified atom stereocenters. The minimum absolute atomic E-state index is 0.0244. The lowest BCUT2D eigenvalue weighted by atomic mass is 9.82. The van der Waals surface area contributed by atoms with Gasteiger partial charge in [0.15, 0.2) is 6.61 Å². The number of hydrogen-bond donors (Lipinski definition) is 0. The Balaban J connectivity index is 1.27. The van der Waals surface area contributed by atoms with Gasteiger partial charge in [-0.25, -0.2) is 0 Å². The first-order valence-electron chi connectivity index (χ1n) is 11.9. The van der Waals surface area contributed by atoms with Crippen molar-refractivity contribution in [3.05, 3.63) is 42.0 Å². The summed E-state index contributed by atoms with van der Waals surface area (Å²) in [4.78, 5) is 27.8. The molecule has 5 rings (SSSR count). The van der Waals surface area contributed by atoms with Gasteiger partial charge in [0.1, 0.15) is 17.0 Å². The number of hydrogen-bond acceptors (Lipinski definition) is 9. The summed E-state index contributed by atoms with van der Waals surface area (Å²) in [7, 11) is 0. The lowest BCUT2D eigenvalue weighted by molar-refractivity contribution is -0.161. The Kier molecular flexibility index (Phi) is 6.63. The molecule has 35 heavy (non-hydrogen) atoms. The van der Waals surface area contributed by atoms with Crippen molar-refractivity contribution in [3.63, 3.8) is 0 Å². The first-order chi connectivity index (χ1) is 17.1. The topological polar surface area (TPSA) is 121 Å². The van der Waals surface area contributed by atoms with Gasteiger partial charge < -0.3 is 23.3 Å². The molecule has 1 aliphatic carbocycles. The number of aromatic nitrogens is 3. The molecule has 0 N–H and O–H groups in total. The molecule has 3 heterocycles. The van der Waals surface area contributed by atoms with Gasteiger partial charge in [0.2, 0.25) is 5.91 Å². The van der Waals surface area contributed by atoms with Gasteiger partial charge in [0.25, 0.3) is 11.8 Å². The fourth-order valence-corrected chi connectivity index (χ4v) is 4.83. The zero-order valence-electron chi connectivity index (χ0n) is 19.7. The predicted octanol–water partition coefficient (Wildman–Crippen LogP) is 3.55. The third kappa shape index (κ3) is 4.84. The van der Waals surface area contributed by atoms with Gasteiger partial charge in [-0.05, 0) is 19.8 Å². The first kappa shape index (κ1) is 23.2. The van der Waals surface area contributed by atoms with Crippen molar-refractivity contribution in [1.29, 1.82) is 0 Å². The van der Waals surface area contributed by atoms with Gasteiger partial charge in [0.05, 0.1) is 18.6 Å². The fourth-order valence-electron chi connectivity index (χ4n) is 4.83. The summed E-state index contributed by atoms with van der Waals surface area (Å²) < 4.78 is 22.1. The van der Waals surface area contributed by atoms with Crippen molar-refractivity contribution >= 4 is 11.9 Å². The number of nitrogens with zero attached hydrogens (tertiary/aromatic N) is 4. The summed E-state index contributed by atoms with van der Waals surface area (Å²) in [5.41, 5.74) is 1.26. The lowest BCUT2D eigenvalue weighted by Crippen LogP contribution is -2.44. The van der Waals surface area contributed by atoms with Gasteiger partial charge >= 0.3 is 5.97 Å². The monoisotopic (exact) mass is 480 g/mol. The van der Waals surface area contributed by atoms with Gasteiger partial charge in [-0.2, -0.15) is 0 Å². The second-order valence-electron chi connectivity index (χ2n) is 9.06. The molecule has 2 fully saturated rings. The van der Waals surface area contributed by atoms with E-state index in [4.69, 9.17) is 18.4 Å². The largest absolute Gasteiger partial charge is 0.455 e. The third-order valence-corrected chi connectivity index (χ3v) is 6.76. The fraction of sp³-hybridized carbons (Fsp3) is 0.480. The van der Waals surface area contributed by atoms with Crippen LogP contribution in [0.2, 0.25) is 0 Å². The second-order valence-corrected chi connectivity index (χ2v) is 9.06. The Hall–Kier alpha value is -3.53. The van der Waals surface area contributed by atoms with E-state index in [1.165, 1.54) is 0 Å². The third-order valence-electron chi connectivity index (χ3n) is 6.76. The van der Waals surface area contributed by atoms with Crippen LogP contribution in [0.4, 0.5) is 0 Å². The molecular weight excluding hydrogens is 452 g/mol. The quantitative estimate of drug-likeness (QED) is 0.467. The van der Waals surface area contributed by atoms with E-state index >= 15 is 0 Å². The van der Waals surface area contributed by atoms with E-state index in [2.05, 4.69) is 15.4 Å². The maximum Gasteiger partial charge on any atom is 0.313 e. The van der Waals surface area contributed by atoms with Gasteiger partial charge in [-0.15, -0.1) is 10.2 Å². The molecule has 1 aliphatic heterocycles. The molecule has 1 aromatic carbocycles. The molecule has 2 aromatic heterocycles. The summed E-state index contributed by atoms with van der Waals surface area (Å²) in [5.74, 6) is 0.543. The Bertz CT molecular complexity index is 1180. The molecule has 1 amide bonds. The molecule has 1 saturated heterocycles. The summed E-state index contributed by atoms with van der Waals surface area (Å²) in [6, 6.07) is 9.56. The lowest BCUT2D eigenvalue weighted by Gasteiger charge is -2.31. The highest BCUT2D eigenvalue weighted by Crippen LogP contribution is 2.43. The molecule has 2 aliphatic rings. The van der Waals surface area contributed by atoms with E-state index in [0.29, 0.717) is 56.2 Å². The molecule has 3 aromatic rings. The highest BCUT2D eigenvalue weighted by atomic mass is 16.5. The summed E-state index contributed by atoms with van der Waals surface area (Å²) in [5, 5.41) is 12.3. The van der Waals surface area contributed by atoms with Crippen LogP contribution in [-0.4, -0.2) is 58.4 Å². The molecule has 0 spiro atoms. The van der Waals surface area contributed by atoms with Crippen LogP contribution in [0.15, 0.2) is 39.3 Å². The normalized spacial score (nSPS) is 17.5.